The number of hydrogen-bond donors (Lipinski definition) is 1. The minimum atomic E-state index is -3.69. The van der Waals surface area contributed by atoms with Crippen LogP contribution in [0.5, 0.6) is 11.5 Å². The van der Waals surface area contributed by atoms with Gasteiger partial charge < -0.3 is 9.47 Å². The van der Waals surface area contributed by atoms with Gasteiger partial charge >= 0.3 is 0 Å². The molecule has 0 heterocycles. The molecule has 112 valence electrons. The van der Waals surface area contributed by atoms with Crippen molar-refractivity contribution >= 4 is 31.6 Å². The number of para-hydroxylation sites is 1. The highest BCUT2D eigenvalue weighted by Crippen LogP contribution is 2.35. The molecule has 0 aliphatic rings. The third-order valence-electron chi connectivity index (χ3n) is 2.77. The van der Waals surface area contributed by atoms with E-state index in [0.717, 1.165) is 4.47 Å². The summed E-state index contributed by atoms with van der Waals surface area (Å²) < 4.78 is 38.4. The lowest BCUT2D eigenvalue weighted by atomic mass is 10.3. The SMILES string of the molecule is COc1cccc(NS(=O)(=O)c2ccc(Br)cc2)c1OC. The molecule has 0 aromatic heterocycles. The maximum atomic E-state index is 12.4. The van der Waals surface area contributed by atoms with Crippen molar-refractivity contribution in [2.45, 2.75) is 4.90 Å². The second-order valence-corrected chi connectivity index (χ2v) is 6.70. The quantitative estimate of drug-likeness (QED) is 0.875. The first kappa shape index (κ1) is 15.7. The maximum absolute atomic E-state index is 12.4. The Bertz CT molecular complexity index is 729. The molecular weight excluding hydrogens is 358 g/mol. The number of hydrogen-bond acceptors (Lipinski definition) is 4. The molecule has 2 aromatic carbocycles. The molecule has 2 aromatic rings. The van der Waals surface area contributed by atoms with E-state index < -0.39 is 10.0 Å². The number of ether oxygens (including phenoxy) is 2. The van der Waals surface area contributed by atoms with Gasteiger partial charge in [-0.3, -0.25) is 4.72 Å². The summed E-state index contributed by atoms with van der Waals surface area (Å²) >= 11 is 3.27. The molecule has 7 heteroatoms. The standard InChI is InChI=1S/C14H14BrNO4S/c1-19-13-5-3-4-12(14(13)20-2)16-21(17,18)11-8-6-10(15)7-9-11/h3-9,16H,1-2H3. The topological polar surface area (TPSA) is 64.6 Å². The van der Waals surface area contributed by atoms with Gasteiger partial charge in [-0.1, -0.05) is 22.0 Å². The first-order valence-corrected chi connectivity index (χ1v) is 8.25. The van der Waals surface area contributed by atoms with Gasteiger partial charge in [0.2, 0.25) is 0 Å². The van der Waals surface area contributed by atoms with Crippen LogP contribution in [0.25, 0.3) is 0 Å². The molecule has 0 bridgehead atoms. The van der Waals surface area contributed by atoms with Gasteiger partial charge in [-0.2, -0.15) is 0 Å². The average molecular weight is 372 g/mol. The fourth-order valence-corrected chi connectivity index (χ4v) is 3.11. The molecule has 5 nitrogen and oxygen atoms in total. The lowest BCUT2D eigenvalue weighted by Crippen LogP contribution is -2.13. The lowest BCUT2D eigenvalue weighted by molar-refractivity contribution is 0.356. The molecule has 0 amide bonds. The van der Waals surface area contributed by atoms with Gasteiger partial charge in [0.25, 0.3) is 10.0 Å². The molecule has 0 aliphatic heterocycles. The van der Waals surface area contributed by atoms with Gasteiger partial charge in [-0.05, 0) is 36.4 Å². The average Bonchev–Trinajstić information content (AvgIpc) is 2.47. The van der Waals surface area contributed by atoms with Crippen LogP contribution in [0, 0.1) is 0 Å². The van der Waals surface area contributed by atoms with Gasteiger partial charge in [0.15, 0.2) is 11.5 Å². The van der Waals surface area contributed by atoms with Crippen molar-refractivity contribution in [1.82, 2.24) is 0 Å². The Morgan fingerprint density at radius 1 is 1.00 bits per heavy atom. The van der Waals surface area contributed by atoms with Crippen molar-refractivity contribution in [2.75, 3.05) is 18.9 Å². The van der Waals surface area contributed by atoms with E-state index in [-0.39, 0.29) is 4.90 Å². The summed E-state index contributed by atoms with van der Waals surface area (Å²) in [5, 5.41) is 0. The largest absolute Gasteiger partial charge is 0.493 e. The van der Waals surface area contributed by atoms with E-state index in [9.17, 15) is 8.42 Å². The Morgan fingerprint density at radius 2 is 1.67 bits per heavy atom. The molecule has 21 heavy (non-hydrogen) atoms. The second-order valence-electron chi connectivity index (χ2n) is 4.10. The number of rotatable bonds is 5. The van der Waals surface area contributed by atoms with E-state index >= 15 is 0 Å². The molecule has 2 rings (SSSR count). The van der Waals surface area contributed by atoms with Gasteiger partial charge in [-0.15, -0.1) is 0 Å². The molecular formula is C14H14BrNO4S. The maximum Gasteiger partial charge on any atom is 0.262 e. The highest BCUT2D eigenvalue weighted by atomic mass is 79.9. The van der Waals surface area contributed by atoms with Crippen molar-refractivity contribution in [1.29, 1.82) is 0 Å². The number of methoxy groups -OCH3 is 2. The molecule has 0 unspecified atom stereocenters. The summed E-state index contributed by atoms with van der Waals surface area (Å²) in [5.41, 5.74) is 0.319. The Kier molecular flexibility index (Phi) is 4.74. The third kappa shape index (κ3) is 3.48. The minimum absolute atomic E-state index is 0.163. The summed E-state index contributed by atoms with van der Waals surface area (Å²) in [6.45, 7) is 0. The zero-order valence-electron chi connectivity index (χ0n) is 11.5. The minimum Gasteiger partial charge on any atom is -0.493 e. The summed E-state index contributed by atoms with van der Waals surface area (Å²) in [5.74, 6) is 0.786. The fourth-order valence-electron chi connectivity index (χ4n) is 1.78. The van der Waals surface area contributed by atoms with Crippen molar-refractivity contribution in [3.63, 3.8) is 0 Å². The van der Waals surface area contributed by atoms with Crippen molar-refractivity contribution in [3.05, 3.63) is 46.9 Å². The van der Waals surface area contributed by atoms with Gasteiger partial charge in [-0.25, -0.2) is 8.42 Å². The van der Waals surface area contributed by atoms with Crippen molar-refractivity contribution in [3.8, 4) is 11.5 Å². The number of nitrogens with one attached hydrogen (secondary N) is 1. The highest BCUT2D eigenvalue weighted by molar-refractivity contribution is 9.10. The van der Waals surface area contributed by atoms with Crippen LogP contribution in [0.4, 0.5) is 5.69 Å². The van der Waals surface area contributed by atoms with Crippen LogP contribution in [-0.4, -0.2) is 22.6 Å². The van der Waals surface area contributed by atoms with Crippen LogP contribution in [0.1, 0.15) is 0 Å². The predicted octanol–water partition coefficient (Wildman–Crippen LogP) is 3.27. The molecule has 0 aliphatic carbocycles. The Hall–Kier alpha value is -1.73. The molecule has 0 fully saturated rings. The molecule has 0 spiro atoms. The number of halogens is 1. The van der Waals surface area contributed by atoms with Crippen LogP contribution in [0.15, 0.2) is 51.8 Å². The fraction of sp³-hybridized carbons (Fsp3) is 0.143. The van der Waals surface area contributed by atoms with E-state index in [1.54, 1.807) is 30.3 Å². The van der Waals surface area contributed by atoms with E-state index in [1.165, 1.54) is 26.4 Å². The monoisotopic (exact) mass is 371 g/mol. The molecule has 0 atom stereocenters. The Balaban J connectivity index is 2.39. The highest BCUT2D eigenvalue weighted by Gasteiger charge is 2.18. The summed E-state index contributed by atoms with van der Waals surface area (Å²) in [6.07, 6.45) is 0. The third-order valence-corrected chi connectivity index (χ3v) is 4.68. The normalized spacial score (nSPS) is 11.0. The van der Waals surface area contributed by atoms with Crippen LogP contribution in [0.3, 0.4) is 0 Å². The number of anilines is 1. The van der Waals surface area contributed by atoms with E-state index in [4.69, 9.17) is 9.47 Å². The zero-order chi connectivity index (χ0) is 15.5. The van der Waals surface area contributed by atoms with Crippen LogP contribution >= 0.6 is 15.9 Å². The first-order chi connectivity index (χ1) is 9.97. The molecule has 0 saturated heterocycles. The number of sulfonamides is 1. The van der Waals surface area contributed by atoms with E-state index in [1.807, 2.05) is 0 Å². The van der Waals surface area contributed by atoms with E-state index in [0.29, 0.717) is 17.2 Å². The molecule has 0 radical (unpaired) electrons. The van der Waals surface area contributed by atoms with Gasteiger partial charge in [0.05, 0.1) is 24.8 Å². The summed E-state index contributed by atoms with van der Waals surface area (Å²) in [7, 11) is -0.749. The van der Waals surface area contributed by atoms with E-state index in [2.05, 4.69) is 20.7 Å². The summed E-state index contributed by atoms with van der Waals surface area (Å²) in [6, 6.07) is 11.3. The lowest BCUT2D eigenvalue weighted by Gasteiger charge is -2.14. The second kappa shape index (κ2) is 6.36. The van der Waals surface area contributed by atoms with Crippen LogP contribution < -0.4 is 14.2 Å². The van der Waals surface area contributed by atoms with Crippen molar-refractivity contribution in [2.24, 2.45) is 0 Å². The Labute approximate surface area is 132 Å². The molecule has 0 saturated carbocycles. The number of benzene rings is 2. The summed E-state index contributed by atoms with van der Waals surface area (Å²) in [4.78, 5) is 0.163. The van der Waals surface area contributed by atoms with Crippen LogP contribution in [0.2, 0.25) is 0 Å². The predicted molar refractivity (Wildman–Crippen MR) is 84.5 cm³/mol. The zero-order valence-corrected chi connectivity index (χ0v) is 13.9. The molecule has 1 N–H and O–H groups in total. The first-order valence-electron chi connectivity index (χ1n) is 5.97. The van der Waals surface area contributed by atoms with Gasteiger partial charge in [0, 0.05) is 4.47 Å². The smallest absolute Gasteiger partial charge is 0.262 e. The van der Waals surface area contributed by atoms with Gasteiger partial charge in [0.1, 0.15) is 0 Å². The Morgan fingerprint density at radius 3 is 2.24 bits per heavy atom. The van der Waals surface area contributed by atoms with Crippen molar-refractivity contribution < 1.29 is 17.9 Å². The van der Waals surface area contributed by atoms with Crippen LogP contribution in [-0.2, 0) is 10.0 Å².